The van der Waals surface area contributed by atoms with Crippen LogP contribution in [0, 0.1) is 13.8 Å². The minimum atomic E-state index is -0.396. The van der Waals surface area contributed by atoms with Crippen LogP contribution >= 0.6 is 24.0 Å². The van der Waals surface area contributed by atoms with Gasteiger partial charge in [0.1, 0.15) is 17.1 Å². The Bertz CT molecular complexity index is 756. The number of halogens is 1. The molecule has 1 heterocycles. The van der Waals surface area contributed by atoms with Crippen molar-refractivity contribution < 1.29 is 13.9 Å². The van der Waals surface area contributed by atoms with E-state index < -0.39 is 5.97 Å². The van der Waals surface area contributed by atoms with Gasteiger partial charge in [-0.1, -0.05) is 24.3 Å². The molecule has 0 fully saturated rings. The van der Waals surface area contributed by atoms with Crippen molar-refractivity contribution in [1.29, 1.82) is 0 Å². The summed E-state index contributed by atoms with van der Waals surface area (Å²) in [6, 6.07) is 9.87. The van der Waals surface area contributed by atoms with Crippen molar-refractivity contribution >= 4 is 35.9 Å². The van der Waals surface area contributed by atoms with E-state index in [0.717, 1.165) is 6.54 Å². The zero-order valence-corrected chi connectivity index (χ0v) is 17.9. The van der Waals surface area contributed by atoms with E-state index >= 15 is 0 Å². The Morgan fingerprint density at radius 1 is 1.23 bits per heavy atom. The first-order chi connectivity index (χ1) is 12.0. The van der Waals surface area contributed by atoms with Crippen LogP contribution in [0.25, 0.3) is 0 Å². The Hall–Kier alpha value is -2.03. The fourth-order valence-electron chi connectivity index (χ4n) is 2.41. The Labute approximate surface area is 171 Å². The second kappa shape index (κ2) is 10.8. The average Bonchev–Trinajstić information content (AvgIpc) is 2.98. The third-order valence-electron chi connectivity index (χ3n) is 3.82. The molecule has 26 heavy (non-hydrogen) atoms. The van der Waals surface area contributed by atoms with E-state index in [4.69, 9.17) is 9.15 Å². The summed E-state index contributed by atoms with van der Waals surface area (Å²) in [5, 5.41) is 6.42. The molecule has 0 aliphatic heterocycles. The average molecular weight is 471 g/mol. The lowest BCUT2D eigenvalue weighted by atomic mass is 10.1. The maximum atomic E-state index is 11.6. The first-order valence-corrected chi connectivity index (χ1v) is 8.29. The lowest BCUT2D eigenvalue weighted by molar-refractivity contribution is 0.0599. The van der Waals surface area contributed by atoms with Crippen LogP contribution < -0.4 is 10.6 Å². The van der Waals surface area contributed by atoms with Gasteiger partial charge in [0.15, 0.2) is 5.96 Å². The number of nitrogens with one attached hydrogen (secondary N) is 2. The molecule has 0 aliphatic carbocycles. The van der Waals surface area contributed by atoms with E-state index in [2.05, 4.69) is 34.7 Å². The molecule has 2 rings (SSSR count). The first kappa shape index (κ1) is 22.0. The van der Waals surface area contributed by atoms with Gasteiger partial charge < -0.3 is 19.8 Å². The molecule has 0 amide bonds. The molecule has 0 unspecified atom stereocenters. The number of aliphatic imine (C=N–C) groups is 1. The number of rotatable bonds is 6. The SMILES string of the molecule is CCNC(=NCc1ccccc1C)NCc1cc(C(=O)OC)c(C)o1.I. The molecule has 1 aromatic heterocycles. The number of hydrogen-bond donors (Lipinski definition) is 2. The Morgan fingerprint density at radius 2 is 1.96 bits per heavy atom. The molecule has 2 N–H and O–H groups in total. The summed E-state index contributed by atoms with van der Waals surface area (Å²) in [5.41, 5.74) is 2.84. The van der Waals surface area contributed by atoms with Gasteiger partial charge in [0.05, 0.1) is 20.2 Å². The van der Waals surface area contributed by atoms with Crippen LogP contribution in [0.15, 0.2) is 39.7 Å². The number of aryl methyl sites for hydroxylation is 2. The lowest BCUT2D eigenvalue weighted by Gasteiger charge is -2.10. The van der Waals surface area contributed by atoms with Crippen LogP contribution in [-0.4, -0.2) is 25.6 Å². The highest BCUT2D eigenvalue weighted by atomic mass is 127. The molecule has 0 spiro atoms. The normalized spacial score (nSPS) is 10.8. The minimum Gasteiger partial charge on any atom is -0.465 e. The fraction of sp³-hybridized carbons (Fsp3) is 0.368. The number of ether oxygens (including phenoxy) is 1. The number of carbonyl (C=O) groups excluding carboxylic acids is 1. The maximum absolute atomic E-state index is 11.6. The van der Waals surface area contributed by atoms with E-state index in [9.17, 15) is 4.79 Å². The summed E-state index contributed by atoms with van der Waals surface area (Å²) in [5.74, 6) is 1.50. The molecule has 2 aromatic rings. The molecule has 0 atom stereocenters. The summed E-state index contributed by atoms with van der Waals surface area (Å²) < 4.78 is 10.3. The Morgan fingerprint density at radius 3 is 2.62 bits per heavy atom. The fourth-order valence-corrected chi connectivity index (χ4v) is 2.41. The highest BCUT2D eigenvalue weighted by Gasteiger charge is 2.15. The first-order valence-electron chi connectivity index (χ1n) is 8.29. The van der Waals surface area contributed by atoms with Gasteiger partial charge in [-0.3, -0.25) is 0 Å². The number of furan rings is 1. The Kier molecular flexibility index (Phi) is 9.18. The monoisotopic (exact) mass is 471 g/mol. The lowest BCUT2D eigenvalue weighted by Crippen LogP contribution is -2.36. The number of guanidine groups is 1. The highest BCUT2D eigenvalue weighted by Crippen LogP contribution is 2.15. The van der Waals surface area contributed by atoms with Gasteiger partial charge in [0.2, 0.25) is 0 Å². The molecule has 0 radical (unpaired) electrons. The van der Waals surface area contributed by atoms with E-state index in [-0.39, 0.29) is 24.0 Å². The van der Waals surface area contributed by atoms with Gasteiger partial charge >= 0.3 is 5.97 Å². The molecular formula is C19H26IN3O3. The minimum absolute atomic E-state index is 0. The number of hydrogen-bond acceptors (Lipinski definition) is 4. The van der Waals surface area contributed by atoms with Crippen LogP contribution in [0.5, 0.6) is 0 Å². The molecule has 0 saturated carbocycles. The number of methoxy groups -OCH3 is 1. The van der Waals surface area contributed by atoms with Crippen molar-refractivity contribution in [2.75, 3.05) is 13.7 Å². The maximum Gasteiger partial charge on any atom is 0.341 e. The molecule has 142 valence electrons. The number of carbonyl (C=O) groups is 1. The predicted molar refractivity (Wildman–Crippen MR) is 113 cm³/mol. The third-order valence-corrected chi connectivity index (χ3v) is 3.82. The largest absolute Gasteiger partial charge is 0.465 e. The highest BCUT2D eigenvalue weighted by molar-refractivity contribution is 14.0. The van der Waals surface area contributed by atoms with Crippen molar-refractivity contribution in [2.45, 2.75) is 33.9 Å². The third kappa shape index (κ3) is 6.05. The van der Waals surface area contributed by atoms with Gasteiger partial charge in [-0.05, 0) is 38.0 Å². The molecule has 0 aliphatic rings. The van der Waals surface area contributed by atoms with Gasteiger partial charge in [0.25, 0.3) is 0 Å². The van der Waals surface area contributed by atoms with Crippen molar-refractivity contribution in [1.82, 2.24) is 10.6 Å². The van der Waals surface area contributed by atoms with E-state index in [0.29, 0.717) is 36.1 Å². The van der Waals surface area contributed by atoms with Gasteiger partial charge in [-0.25, -0.2) is 9.79 Å². The quantitative estimate of drug-likeness (QED) is 0.292. The Balaban J connectivity index is 0.00000338. The predicted octanol–water partition coefficient (Wildman–Crippen LogP) is 3.56. The van der Waals surface area contributed by atoms with Crippen LogP contribution in [0.4, 0.5) is 0 Å². The summed E-state index contributed by atoms with van der Waals surface area (Å²) in [4.78, 5) is 16.2. The molecule has 6 nitrogen and oxygen atoms in total. The summed E-state index contributed by atoms with van der Waals surface area (Å²) >= 11 is 0. The van der Waals surface area contributed by atoms with Crippen LogP contribution in [0.3, 0.4) is 0 Å². The second-order valence-electron chi connectivity index (χ2n) is 5.65. The molecule has 0 bridgehead atoms. The second-order valence-corrected chi connectivity index (χ2v) is 5.65. The van der Waals surface area contributed by atoms with Gasteiger partial charge in [-0.15, -0.1) is 24.0 Å². The summed E-state index contributed by atoms with van der Waals surface area (Å²) in [7, 11) is 1.36. The van der Waals surface area contributed by atoms with Crippen molar-refractivity contribution in [3.63, 3.8) is 0 Å². The van der Waals surface area contributed by atoms with E-state index in [1.54, 1.807) is 13.0 Å². The molecule has 7 heteroatoms. The van der Waals surface area contributed by atoms with Crippen molar-refractivity contribution in [2.24, 2.45) is 4.99 Å². The zero-order valence-electron chi connectivity index (χ0n) is 15.6. The van der Waals surface area contributed by atoms with E-state index in [1.165, 1.54) is 18.2 Å². The van der Waals surface area contributed by atoms with Gasteiger partial charge in [-0.2, -0.15) is 0 Å². The van der Waals surface area contributed by atoms with Crippen LogP contribution in [0.2, 0.25) is 0 Å². The van der Waals surface area contributed by atoms with Crippen LogP contribution in [0.1, 0.15) is 39.9 Å². The number of benzene rings is 1. The summed E-state index contributed by atoms with van der Waals surface area (Å²) in [6.07, 6.45) is 0. The number of nitrogens with zero attached hydrogens (tertiary/aromatic N) is 1. The molecular weight excluding hydrogens is 445 g/mol. The van der Waals surface area contributed by atoms with Crippen molar-refractivity contribution in [3.05, 3.63) is 58.5 Å². The van der Waals surface area contributed by atoms with Crippen LogP contribution in [-0.2, 0) is 17.8 Å². The summed E-state index contributed by atoms with van der Waals surface area (Å²) in [6.45, 7) is 7.60. The van der Waals surface area contributed by atoms with E-state index in [1.807, 2.05) is 19.1 Å². The van der Waals surface area contributed by atoms with Gasteiger partial charge in [0, 0.05) is 6.54 Å². The number of esters is 1. The topological polar surface area (TPSA) is 75.9 Å². The van der Waals surface area contributed by atoms with Crippen molar-refractivity contribution in [3.8, 4) is 0 Å². The molecule has 0 saturated heterocycles. The molecule has 1 aromatic carbocycles. The zero-order chi connectivity index (χ0) is 18.2. The smallest absolute Gasteiger partial charge is 0.341 e. The standard InChI is InChI=1S/C19H25N3O3.HI/c1-5-20-19(21-11-15-9-7-6-8-13(15)2)22-12-16-10-17(14(3)25-16)18(23)24-4;/h6-10H,5,11-12H2,1-4H3,(H2,20,21,22);1H.